The molecule has 1 atom stereocenters. The van der Waals surface area contributed by atoms with Gasteiger partial charge in [-0.05, 0) is 35.4 Å². The first-order valence-electron chi connectivity index (χ1n) is 8.29. The molecule has 138 valence electrons. The Labute approximate surface area is 154 Å². The maximum atomic E-state index is 13.6. The van der Waals surface area contributed by atoms with Crippen molar-refractivity contribution in [2.45, 2.75) is 13.0 Å². The molecule has 0 radical (unpaired) electrons. The van der Waals surface area contributed by atoms with Crippen molar-refractivity contribution in [3.8, 4) is 5.75 Å². The van der Waals surface area contributed by atoms with Crippen molar-refractivity contribution < 1.29 is 18.8 Å². The summed E-state index contributed by atoms with van der Waals surface area (Å²) in [6, 6.07) is 16.8. The van der Waals surface area contributed by atoms with Crippen LogP contribution in [-0.4, -0.2) is 17.4 Å². The minimum Gasteiger partial charge on any atom is -0.484 e. The molecule has 0 aromatic heterocycles. The van der Waals surface area contributed by atoms with Crippen LogP contribution < -0.4 is 10.1 Å². The Morgan fingerprint density at radius 3 is 2.59 bits per heavy atom. The maximum absolute atomic E-state index is 13.6. The lowest BCUT2D eigenvalue weighted by atomic mass is 10.0. The molecule has 1 amide bonds. The van der Waals surface area contributed by atoms with Gasteiger partial charge in [0.15, 0.2) is 6.61 Å². The van der Waals surface area contributed by atoms with Crippen molar-refractivity contribution in [2.24, 2.45) is 0 Å². The van der Waals surface area contributed by atoms with Crippen LogP contribution in [0.15, 0.2) is 60.7 Å². The molecule has 0 saturated carbocycles. The van der Waals surface area contributed by atoms with Crippen molar-refractivity contribution in [1.29, 1.82) is 0 Å². The highest BCUT2D eigenvalue weighted by Crippen LogP contribution is 2.23. The van der Waals surface area contributed by atoms with Gasteiger partial charge in [-0.1, -0.05) is 36.4 Å². The van der Waals surface area contributed by atoms with E-state index >= 15 is 0 Å². The van der Waals surface area contributed by atoms with Gasteiger partial charge in [0.25, 0.3) is 5.91 Å². The van der Waals surface area contributed by atoms with Gasteiger partial charge in [-0.25, -0.2) is 0 Å². The Hall–Kier alpha value is -3.48. The number of fused-ring (bicyclic) bond motifs is 1. The van der Waals surface area contributed by atoms with Gasteiger partial charge in [0.1, 0.15) is 5.75 Å². The van der Waals surface area contributed by atoms with Gasteiger partial charge < -0.3 is 10.1 Å². The number of amides is 1. The van der Waals surface area contributed by atoms with E-state index in [9.17, 15) is 19.3 Å². The fourth-order valence-electron chi connectivity index (χ4n) is 2.72. The highest BCUT2D eigenvalue weighted by atomic mass is 19.1. The number of nitrogens with one attached hydrogen (secondary N) is 1. The quantitative estimate of drug-likeness (QED) is 0.524. The molecule has 0 bridgehead atoms. The van der Waals surface area contributed by atoms with Crippen molar-refractivity contribution in [3.63, 3.8) is 0 Å². The number of nitro benzene ring substituents is 1. The summed E-state index contributed by atoms with van der Waals surface area (Å²) >= 11 is 0. The molecule has 0 spiro atoms. The fourth-order valence-corrected chi connectivity index (χ4v) is 2.72. The molecule has 3 rings (SSSR count). The van der Waals surface area contributed by atoms with Crippen molar-refractivity contribution >= 4 is 22.4 Å². The third-order valence-corrected chi connectivity index (χ3v) is 4.14. The van der Waals surface area contributed by atoms with E-state index in [-0.39, 0.29) is 24.3 Å². The molecule has 3 aromatic carbocycles. The molecular formula is C20H17FN2O4. The van der Waals surface area contributed by atoms with Crippen molar-refractivity contribution in [2.75, 3.05) is 6.61 Å². The van der Waals surface area contributed by atoms with Gasteiger partial charge >= 0.3 is 5.69 Å². The summed E-state index contributed by atoms with van der Waals surface area (Å²) in [5.74, 6) is -1.34. The van der Waals surface area contributed by atoms with Crippen LogP contribution >= 0.6 is 0 Å². The average Bonchev–Trinajstić information content (AvgIpc) is 2.65. The standard InChI is InChI=1S/C20H17FN2O4/c1-13(15-7-6-14-4-2-3-5-16(14)10-15)22-20(24)12-27-17-8-9-19(23(25)26)18(21)11-17/h2-11,13H,12H2,1H3,(H,22,24). The summed E-state index contributed by atoms with van der Waals surface area (Å²) in [5, 5.41) is 15.6. The highest BCUT2D eigenvalue weighted by Gasteiger charge is 2.15. The van der Waals surface area contributed by atoms with E-state index in [1.54, 1.807) is 0 Å². The van der Waals surface area contributed by atoms with Crippen LogP contribution in [0.1, 0.15) is 18.5 Å². The Kier molecular flexibility index (Phi) is 5.30. The first kappa shape index (κ1) is 18.3. The highest BCUT2D eigenvalue weighted by molar-refractivity contribution is 5.83. The Morgan fingerprint density at radius 1 is 1.15 bits per heavy atom. The molecule has 1 unspecified atom stereocenters. The lowest BCUT2D eigenvalue weighted by Crippen LogP contribution is -2.31. The molecular weight excluding hydrogens is 351 g/mol. The smallest absolute Gasteiger partial charge is 0.305 e. The van der Waals surface area contributed by atoms with Gasteiger partial charge in [0.05, 0.1) is 11.0 Å². The fraction of sp³-hybridized carbons (Fsp3) is 0.150. The zero-order valence-corrected chi connectivity index (χ0v) is 14.5. The van der Waals surface area contributed by atoms with Crippen molar-refractivity contribution in [1.82, 2.24) is 5.32 Å². The first-order valence-corrected chi connectivity index (χ1v) is 8.29. The number of rotatable bonds is 6. The number of ether oxygens (including phenoxy) is 1. The van der Waals surface area contributed by atoms with Crippen LogP contribution in [0.2, 0.25) is 0 Å². The maximum Gasteiger partial charge on any atom is 0.305 e. The minimum absolute atomic E-state index is 0.0478. The second kappa shape index (κ2) is 7.82. The molecule has 0 saturated heterocycles. The molecule has 0 fully saturated rings. The minimum atomic E-state index is -1.01. The van der Waals surface area contributed by atoms with Crippen LogP contribution in [-0.2, 0) is 4.79 Å². The van der Waals surface area contributed by atoms with E-state index in [2.05, 4.69) is 5.32 Å². The van der Waals surface area contributed by atoms with Crippen LogP contribution in [0.25, 0.3) is 10.8 Å². The van der Waals surface area contributed by atoms with Gasteiger partial charge in [-0.3, -0.25) is 14.9 Å². The zero-order valence-electron chi connectivity index (χ0n) is 14.5. The van der Waals surface area contributed by atoms with Crippen LogP contribution in [0.5, 0.6) is 5.75 Å². The third-order valence-electron chi connectivity index (χ3n) is 4.14. The summed E-state index contributed by atoms with van der Waals surface area (Å²) in [5.41, 5.74) is 0.306. The third kappa shape index (κ3) is 4.38. The number of carbonyl (C=O) groups is 1. The molecule has 0 aliphatic heterocycles. The first-order chi connectivity index (χ1) is 12.9. The molecule has 7 heteroatoms. The molecule has 1 N–H and O–H groups in total. The molecule has 3 aromatic rings. The number of halogens is 1. The van der Waals surface area contributed by atoms with Crippen LogP contribution in [0.3, 0.4) is 0 Å². The Bertz CT molecular complexity index is 1010. The summed E-state index contributed by atoms with van der Waals surface area (Å²) in [7, 11) is 0. The van der Waals surface area contributed by atoms with Crippen molar-refractivity contribution in [3.05, 3.63) is 82.2 Å². The van der Waals surface area contributed by atoms with E-state index in [4.69, 9.17) is 4.74 Å². The largest absolute Gasteiger partial charge is 0.484 e. The molecule has 0 aliphatic carbocycles. The van der Waals surface area contributed by atoms with Gasteiger partial charge in [-0.2, -0.15) is 4.39 Å². The SMILES string of the molecule is CC(NC(=O)COc1ccc([N+](=O)[O-])c(F)c1)c1ccc2ccccc2c1. The monoisotopic (exact) mass is 368 g/mol. The zero-order chi connectivity index (χ0) is 19.4. The lowest BCUT2D eigenvalue weighted by Gasteiger charge is -2.15. The summed E-state index contributed by atoms with van der Waals surface area (Å²) in [6.07, 6.45) is 0. The number of hydrogen-bond donors (Lipinski definition) is 1. The topological polar surface area (TPSA) is 81.5 Å². The van der Waals surface area contributed by atoms with Crippen LogP contribution in [0, 0.1) is 15.9 Å². The van der Waals surface area contributed by atoms with Gasteiger partial charge in [0, 0.05) is 12.1 Å². The molecule has 0 aliphatic rings. The number of nitrogens with zero attached hydrogens (tertiary/aromatic N) is 1. The number of benzene rings is 3. The van der Waals surface area contributed by atoms with Crippen LogP contribution in [0.4, 0.5) is 10.1 Å². The predicted molar refractivity (Wildman–Crippen MR) is 99.1 cm³/mol. The van der Waals surface area contributed by atoms with E-state index in [0.29, 0.717) is 0 Å². The van der Waals surface area contributed by atoms with Gasteiger partial charge in [0.2, 0.25) is 5.82 Å². The number of nitro groups is 1. The second-order valence-corrected chi connectivity index (χ2v) is 6.05. The van der Waals surface area contributed by atoms with Gasteiger partial charge in [-0.15, -0.1) is 0 Å². The normalized spacial score (nSPS) is 11.8. The Balaban J connectivity index is 1.59. The average molecular weight is 368 g/mol. The summed E-state index contributed by atoms with van der Waals surface area (Å²) in [4.78, 5) is 21.9. The molecule has 27 heavy (non-hydrogen) atoms. The summed E-state index contributed by atoms with van der Waals surface area (Å²) in [6.45, 7) is 1.53. The van der Waals surface area contributed by atoms with E-state index in [1.165, 1.54) is 6.07 Å². The Morgan fingerprint density at radius 2 is 1.89 bits per heavy atom. The number of hydrogen-bond acceptors (Lipinski definition) is 4. The summed E-state index contributed by atoms with van der Waals surface area (Å²) < 4.78 is 18.8. The van der Waals surface area contributed by atoms with E-state index < -0.39 is 16.4 Å². The predicted octanol–water partition coefficient (Wildman–Crippen LogP) is 4.14. The van der Waals surface area contributed by atoms with E-state index in [0.717, 1.165) is 28.5 Å². The molecule has 6 nitrogen and oxygen atoms in total. The number of carbonyl (C=O) groups excluding carboxylic acids is 1. The molecule has 0 heterocycles. The second-order valence-electron chi connectivity index (χ2n) is 6.05. The lowest BCUT2D eigenvalue weighted by molar-refractivity contribution is -0.387. The van der Waals surface area contributed by atoms with E-state index in [1.807, 2.05) is 49.4 Å².